The zero-order valence-corrected chi connectivity index (χ0v) is 38.7. The van der Waals surface area contributed by atoms with E-state index in [-0.39, 0.29) is 60.2 Å². The Morgan fingerprint density at radius 1 is 0.615 bits per heavy atom. The summed E-state index contributed by atoms with van der Waals surface area (Å²) in [5.74, 6) is -4.87. The molecule has 0 amide bonds. The SMILES string of the molecule is C=C(C)C(=O)OCC(COC(=O)C(=O)CCOC)(COC(=O)C(=O)CCOC)COc1ccc(-c2cc(OC(=O)C(=C)C)c(C3CCC(CCCCC)CC3)cc2OC(=O)C(=C)C)cc1. The number of methoxy groups -OCH3 is 2. The lowest BCUT2D eigenvalue weighted by molar-refractivity contribution is -0.169. The van der Waals surface area contributed by atoms with Crippen molar-refractivity contribution in [2.75, 3.05) is 53.9 Å². The topological polar surface area (TPSA) is 193 Å². The molecule has 0 heterocycles. The van der Waals surface area contributed by atoms with Gasteiger partial charge in [-0.1, -0.05) is 64.5 Å². The Balaban J connectivity index is 2.04. The van der Waals surface area contributed by atoms with Crippen molar-refractivity contribution in [3.63, 3.8) is 0 Å². The van der Waals surface area contributed by atoms with Crippen LogP contribution in [0.3, 0.4) is 0 Å². The highest BCUT2D eigenvalue weighted by Crippen LogP contribution is 2.46. The molecule has 0 bridgehead atoms. The minimum absolute atomic E-state index is 0.0397. The Hall–Kier alpha value is -5.93. The van der Waals surface area contributed by atoms with Crippen LogP contribution in [-0.4, -0.2) is 95.3 Å². The Labute approximate surface area is 381 Å². The lowest BCUT2D eigenvalue weighted by Gasteiger charge is -2.32. The first-order valence-corrected chi connectivity index (χ1v) is 21.8. The van der Waals surface area contributed by atoms with Crippen molar-refractivity contribution in [1.29, 1.82) is 0 Å². The zero-order chi connectivity index (χ0) is 48.1. The van der Waals surface area contributed by atoms with Crippen LogP contribution in [0.25, 0.3) is 11.1 Å². The van der Waals surface area contributed by atoms with E-state index < -0.39 is 73.3 Å². The van der Waals surface area contributed by atoms with Crippen molar-refractivity contribution >= 4 is 41.4 Å². The van der Waals surface area contributed by atoms with Crippen molar-refractivity contribution in [2.24, 2.45) is 11.3 Å². The second kappa shape index (κ2) is 26.8. The van der Waals surface area contributed by atoms with Crippen LogP contribution in [0.5, 0.6) is 17.2 Å². The lowest BCUT2D eigenvalue weighted by atomic mass is 9.76. The molecule has 0 radical (unpaired) electrons. The molecular weight excluding hydrogens is 841 g/mol. The predicted octanol–water partition coefficient (Wildman–Crippen LogP) is 7.95. The molecule has 0 N–H and O–H groups in total. The fourth-order valence-corrected chi connectivity index (χ4v) is 6.86. The summed E-state index contributed by atoms with van der Waals surface area (Å²) >= 11 is 0. The number of carbonyl (C=O) groups is 7. The highest BCUT2D eigenvalue weighted by molar-refractivity contribution is 6.34. The average molecular weight is 905 g/mol. The number of hydrogen-bond donors (Lipinski definition) is 0. The number of carbonyl (C=O) groups excluding carboxylic acids is 7. The molecule has 1 saturated carbocycles. The molecule has 2 aromatic rings. The van der Waals surface area contributed by atoms with Gasteiger partial charge in [-0.2, -0.15) is 0 Å². The second-order valence-corrected chi connectivity index (χ2v) is 16.6. The van der Waals surface area contributed by atoms with Gasteiger partial charge in [0, 0.05) is 54.9 Å². The number of benzene rings is 2. The molecule has 0 aromatic heterocycles. The second-order valence-electron chi connectivity index (χ2n) is 16.6. The smallest absolute Gasteiger partial charge is 0.374 e. The molecule has 1 aliphatic carbocycles. The van der Waals surface area contributed by atoms with Gasteiger partial charge < -0.3 is 37.9 Å². The van der Waals surface area contributed by atoms with Crippen molar-refractivity contribution in [3.8, 4) is 28.4 Å². The van der Waals surface area contributed by atoms with E-state index in [4.69, 9.17) is 37.9 Å². The number of rotatable bonds is 28. The van der Waals surface area contributed by atoms with Gasteiger partial charge in [0.05, 0.1) is 13.2 Å². The lowest BCUT2D eigenvalue weighted by Crippen LogP contribution is -2.45. The van der Waals surface area contributed by atoms with E-state index in [1.54, 1.807) is 43.3 Å². The summed E-state index contributed by atoms with van der Waals surface area (Å²) in [7, 11) is 2.72. The summed E-state index contributed by atoms with van der Waals surface area (Å²) in [5, 5.41) is 0. The van der Waals surface area contributed by atoms with Crippen LogP contribution in [0.15, 0.2) is 72.9 Å². The van der Waals surface area contributed by atoms with E-state index in [0.717, 1.165) is 37.7 Å². The predicted molar refractivity (Wildman–Crippen MR) is 240 cm³/mol. The normalized spacial score (nSPS) is 14.6. The van der Waals surface area contributed by atoms with Gasteiger partial charge >= 0.3 is 29.8 Å². The maximum atomic E-state index is 13.0. The first-order chi connectivity index (χ1) is 30.9. The summed E-state index contributed by atoms with van der Waals surface area (Å²) in [5.41, 5.74) is 0.469. The summed E-state index contributed by atoms with van der Waals surface area (Å²) in [6.45, 7) is 15.4. The molecule has 0 saturated heterocycles. The molecule has 0 unspecified atom stereocenters. The van der Waals surface area contributed by atoms with Gasteiger partial charge in [-0.15, -0.1) is 0 Å². The highest BCUT2D eigenvalue weighted by Gasteiger charge is 2.39. The molecule has 354 valence electrons. The summed E-state index contributed by atoms with van der Waals surface area (Å²) in [4.78, 5) is 89.0. The Morgan fingerprint density at radius 3 is 1.58 bits per heavy atom. The summed E-state index contributed by atoms with van der Waals surface area (Å²) < 4.78 is 43.9. The Bertz CT molecular complexity index is 2000. The molecule has 1 fully saturated rings. The monoisotopic (exact) mass is 904 g/mol. The fourth-order valence-electron chi connectivity index (χ4n) is 6.86. The molecule has 65 heavy (non-hydrogen) atoms. The van der Waals surface area contributed by atoms with Crippen molar-refractivity contribution in [1.82, 2.24) is 0 Å². The highest BCUT2D eigenvalue weighted by atomic mass is 16.6. The van der Waals surface area contributed by atoms with Gasteiger partial charge in [0.25, 0.3) is 0 Å². The largest absolute Gasteiger partial charge is 0.493 e. The molecule has 2 aromatic carbocycles. The van der Waals surface area contributed by atoms with E-state index in [2.05, 4.69) is 26.7 Å². The van der Waals surface area contributed by atoms with Crippen molar-refractivity contribution in [3.05, 3.63) is 78.4 Å². The van der Waals surface area contributed by atoms with Gasteiger partial charge in [-0.05, 0) is 88.1 Å². The first kappa shape index (κ1) is 53.4. The van der Waals surface area contributed by atoms with E-state index >= 15 is 0 Å². The molecule has 15 heteroatoms. The third-order valence-corrected chi connectivity index (χ3v) is 10.8. The minimum Gasteiger partial charge on any atom is -0.493 e. The number of esters is 5. The van der Waals surface area contributed by atoms with Gasteiger partial charge in [0.15, 0.2) is 0 Å². The van der Waals surface area contributed by atoms with Gasteiger partial charge in [0.2, 0.25) is 11.6 Å². The van der Waals surface area contributed by atoms with Crippen molar-refractivity contribution < 1.29 is 71.5 Å². The quantitative estimate of drug-likeness (QED) is 0.0199. The number of ether oxygens (including phenoxy) is 8. The maximum absolute atomic E-state index is 13.0. The molecule has 0 atom stereocenters. The molecule has 1 aliphatic rings. The van der Waals surface area contributed by atoms with Crippen LogP contribution in [-0.2, 0) is 57.2 Å². The molecular formula is C50H64O15. The summed E-state index contributed by atoms with van der Waals surface area (Å²) in [6, 6.07) is 9.93. The van der Waals surface area contributed by atoms with E-state index in [1.807, 2.05) is 0 Å². The standard InChI is InChI=1S/C50H64O15/c1-10-11-12-13-35-14-16-36(17-15-35)39-26-44(65-47(55)34(6)7)40(27-43(39)64-46(54)33(4)5)37-18-20-38(21-19-37)60-28-50(29-61-45(53)32(2)3,30-62-48(56)41(51)22-24-58-8)31-63-49(57)42(52)23-25-59-9/h18-21,26-27,35-36H,2,4,6,10-17,22-25,28-31H2,1,3,5,7-9H3. The Morgan fingerprint density at radius 2 is 1.11 bits per heavy atom. The molecule has 3 rings (SSSR count). The van der Waals surface area contributed by atoms with Crippen molar-refractivity contribution in [2.45, 2.75) is 97.8 Å². The first-order valence-electron chi connectivity index (χ1n) is 21.8. The number of ketones is 2. The summed E-state index contributed by atoms with van der Waals surface area (Å²) in [6.07, 6.45) is 7.97. The van der Waals surface area contributed by atoms with E-state index in [1.165, 1.54) is 47.3 Å². The number of hydrogen-bond acceptors (Lipinski definition) is 15. The fraction of sp³-hybridized carbons (Fsp3) is 0.500. The number of Topliss-reactive ketones (excluding diaryl/α,β-unsaturated/α-hetero) is 2. The van der Waals surface area contributed by atoms with Crippen LogP contribution in [0.4, 0.5) is 0 Å². The van der Waals surface area contributed by atoms with E-state index in [9.17, 15) is 33.6 Å². The third-order valence-electron chi connectivity index (χ3n) is 10.8. The number of unbranched alkanes of at least 4 members (excludes halogenated alkanes) is 2. The van der Waals surface area contributed by atoms with E-state index in [0.29, 0.717) is 22.8 Å². The molecule has 15 nitrogen and oxygen atoms in total. The van der Waals surface area contributed by atoms with Crippen LogP contribution < -0.4 is 14.2 Å². The minimum atomic E-state index is -1.66. The zero-order valence-electron chi connectivity index (χ0n) is 38.7. The Kier molecular flexibility index (Phi) is 22.0. The maximum Gasteiger partial charge on any atom is 0.374 e. The van der Waals surface area contributed by atoms with Gasteiger partial charge in [0.1, 0.15) is 49.1 Å². The van der Waals surface area contributed by atoms with Gasteiger partial charge in [-0.3, -0.25) is 9.59 Å². The average Bonchev–Trinajstić information content (AvgIpc) is 3.29. The van der Waals surface area contributed by atoms with Crippen LogP contribution in [0.2, 0.25) is 0 Å². The molecule has 0 aliphatic heterocycles. The van der Waals surface area contributed by atoms with Gasteiger partial charge in [-0.25, -0.2) is 24.0 Å². The van der Waals surface area contributed by atoms with Crippen LogP contribution in [0, 0.1) is 11.3 Å². The third kappa shape index (κ3) is 17.2. The molecule has 0 spiro atoms. The van der Waals surface area contributed by atoms with Crippen LogP contribution in [0.1, 0.15) is 103 Å². The van der Waals surface area contributed by atoms with Crippen LogP contribution >= 0.6 is 0 Å².